The van der Waals surface area contributed by atoms with Crippen LogP contribution in [-0.4, -0.2) is 55.9 Å². The van der Waals surface area contributed by atoms with Gasteiger partial charge < -0.3 is 15.2 Å². The van der Waals surface area contributed by atoms with E-state index in [0.717, 1.165) is 0 Å². The van der Waals surface area contributed by atoms with Crippen molar-refractivity contribution in [2.45, 2.75) is 51.3 Å². The van der Waals surface area contributed by atoms with Gasteiger partial charge in [-0.3, -0.25) is 9.69 Å². The second-order valence-electron chi connectivity index (χ2n) is 7.23. The number of hydrogen-bond donors (Lipinski definition) is 2. The van der Waals surface area contributed by atoms with Gasteiger partial charge in [-0.25, -0.2) is 9.59 Å². The molecule has 0 bridgehead atoms. The molecule has 2 N–H and O–H groups in total. The number of carbonyl (C=O) groups is 3. The molecule has 0 spiro atoms. The minimum absolute atomic E-state index is 0.0562. The fourth-order valence-corrected chi connectivity index (χ4v) is 3.56. The van der Waals surface area contributed by atoms with E-state index in [9.17, 15) is 19.5 Å². The summed E-state index contributed by atoms with van der Waals surface area (Å²) in [6.45, 7) is 5.18. The van der Waals surface area contributed by atoms with Crippen LogP contribution >= 0.6 is 11.3 Å². The van der Waals surface area contributed by atoms with Gasteiger partial charge in [-0.05, 0) is 45.3 Å². The number of hydrogen-bond acceptors (Lipinski definition) is 7. The third-order valence-electron chi connectivity index (χ3n) is 4.15. The number of amides is 2. The van der Waals surface area contributed by atoms with Crippen molar-refractivity contribution in [1.29, 1.82) is 0 Å². The minimum atomic E-state index is -1.18. The second-order valence-corrected chi connectivity index (χ2v) is 8.09. The lowest BCUT2D eigenvalue weighted by atomic mass is 9.83. The Morgan fingerprint density at radius 1 is 1.41 bits per heavy atom. The number of carboxylic acids is 1. The number of fused-ring (bicyclic) bond motifs is 1. The Kier molecular flexibility index (Phi) is 5.01. The van der Waals surface area contributed by atoms with E-state index in [4.69, 9.17) is 4.74 Å². The monoisotopic (exact) mass is 392 g/mol. The summed E-state index contributed by atoms with van der Waals surface area (Å²) in [4.78, 5) is 37.4. The van der Waals surface area contributed by atoms with Gasteiger partial charge in [0.2, 0.25) is 0 Å². The number of ether oxygens (including phenoxy) is 1. The van der Waals surface area contributed by atoms with Crippen LogP contribution in [0.3, 0.4) is 0 Å². The molecule has 1 fully saturated rings. The van der Waals surface area contributed by atoms with Crippen molar-refractivity contribution in [3.05, 3.63) is 27.9 Å². The highest BCUT2D eigenvalue weighted by Crippen LogP contribution is 2.37. The van der Waals surface area contributed by atoms with Gasteiger partial charge in [0.25, 0.3) is 5.91 Å². The molecule has 0 radical (unpaired) electrons. The van der Waals surface area contributed by atoms with Gasteiger partial charge in [0.05, 0.1) is 6.04 Å². The van der Waals surface area contributed by atoms with Crippen LogP contribution in [0.15, 0.2) is 22.9 Å². The summed E-state index contributed by atoms with van der Waals surface area (Å²) < 4.78 is 5.18. The van der Waals surface area contributed by atoms with E-state index in [2.05, 4.69) is 15.5 Å². The zero-order valence-corrected chi connectivity index (χ0v) is 15.9. The van der Waals surface area contributed by atoms with Crippen molar-refractivity contribution in [1.82, 2.24) is 20.4 Å². The van der Waals surface area contributed by atoms with Crippen LogP contribution in [0.1, 0.15) is 38.6 Å². The molecule has 144 valence electrons. The maximum atomic E-state index is 12.5. The van der Waals surface area contributed by atoms with Crippen molar-refractivity contribution >= 4 is 35.4 Å². The first kappa shape index (κ1) is 19.0. The first-order chi connectivity index (χ1) is 12.7. The van der Waals surface area contributed by atoms with E-state index in [1.807, 2.05) is 0 Å². The molecule has 0 aromatic carbocycles. The molecule has 2 aliphatic heterocycles. The Morgan fingerprint density at radius 2 is 2.15 bits per heavy atom. The lowest BCUT2D eigenvalue weighted by Crippen LogP contribution is -2.71. The molecule has 10 heteroatoms. The van der Waals surface area contributed by atoms with E-state index in [1.54, 1.807) is 38.4 Å². The second kappa shape index (κ2) is 7.10. The number of nitrogens with one attached hydrogen (secondary N) is 1. The molecule has 2 amide bonds. The lowest BCUT2D eigenvalue weighted by Gasteiger charge is -2.49. The summed E-state index contributed by atoms with van der Waals surface area (Å²) in [7, 11) is 0. The smallest absolute Gasteiger partial charge is 0.408 e. The van der Waals surface area contributed by atoms with Crippen LogP contribution in [0, 0.1) is 0 Å². The molecule has 3 heterocycles. The highest BCUT2D eigenvalue weighted by molar-refractivity contribution is 7.10. The standard InChI is InChI=1S/C17H20N4O5S/c1-17(2,3)26-16(25)19-12-10-6-4-9(5-7-11-20-18-8-27-11)13(15(23)24)21(10)14(12)22/h5,7-8,10,12H,4,6H2,1-3H3,(H,19,25)(H,23,24)/b7-5+. The highest BCUT2D eigenvalue weighted by atomic mass is 32.1. The van der Waals surface area contributed by atoms with Crippen molar-refractivity contribution in [2.24, 2.45) is 0 Å². The minimum Gasteiger partial charge on any atom is -0.477 e. The molecule has 3 rings (SSSR count). The van der Waals surface area contributed by atoms with Crippen molar-refractivity contribution in [3.63, 3.8) is 0 Å². The Morgan fingerprint density at radius 3 is 2.74 bits per heavy atom. The number of allylic oxidation sites excluding steroid dienone is 2. The van der Waals surface area contributed by atoms with Crippen molar-refractivity contribution in [3.8, 4) is 0 Å². The molecule has 9 nitrogen and oxygen atoms in total. The number of aromatic nitrogens is 2. The Balaban J connectivity index is 1.76. The SMILES string of the molecule is CC(C)(C)OC(=O)NC1C(=O)N2C(C(=O)O)=C(/C=C/c3nncs3)CCC12. The molecule has 1 saturated heterocycles. The lowest BCUT2D eigenvalue weighted by molar-refractivity contribution is -0.154. The average molecular weight is 392 g/mol. The molecular weight excluding hydrogens is 372 g/mol. The highest BCUT2D eigenvalue weighted by Gasteiger charge is 2.53. The van der Waals surface area contributed by atoms with Crippen molar-refractivity contribution in [2.75, 3.05) is 0 Å². The zero-order chi connectivity index (χ0) is 19.8. The van der Waals surface area contributed by atoms with Crippen LogP contribution in [0.2, 0.25) is 0 Å². The van der Waals surface area contributed by atoms with Gasteiger partial charge in [-0.1, -0.05) is 6.08 Å². The van der Waals surface area contributed by atoms with E-state index >= 15 is 0 Å². The van der Waals surface area contributed by atoms with Crippen LogP contribution in [0.25, 0.3) is 6.08 Å². The molecule has 27 heavy (non-hydrogen) atoms. The van der Waals surface area contributed by atoms with Crippen LogP contribution in [0.4, 0.5) is 4.79 Å². The topological polar surface area (TPSA) is 122 Å². The summed E-state index contributed by atoms with van der Waals surface area (Å²) >= 11 is 1.33. The fourth-order valence-electron chi connectivity index (χ4n) is 3.11. The summed E-state index contributed by atoms with van der Waals surface area (Å²) in [5.74, 6) is -1.63. The molecule has 0 saturated carbocycles. The number of carboxylic acid groups (broad SMARTS) is 1. The summed E-state index contributed by atoms with van der Waals surface area (Å²) in [6, 6.07) is -1.17. The number of aliphatic carboxylic acids is 1. The third kappa shape index (κ3) is 4.00. The van der Waals surface area contributed by atoms with Crippen LogP contribution in [0.5, 0.6) is 0 Å². The van der Waals surface area contributed by atoms with E-state index in [0.29, 0.717) is 23.4 Å². The van der Waals surface area contributed by atoms with Gasteiger partial charge in [0.15, 0.2) is 0 Å². The number of alkyl carbamates (subject to hydrolysis) is 1. The van der Waals surface area contributed by atoms with Crippen LogP contribution in [-0.2, 0) is 14.3 Å². The van der Waals surface area contributed by atoms with Gasteiger partial charge in [-0.2, -0.15) is 0 Å². The van der Waals surface area contributed by atoms with Gasteiger partial charge >= 0.3 is 12.1 Å². The first-order valence-electron chi connectivity index (χ1n) is 8.40. The summed E-state index contributed by atoms with van der Waals surface area (Å²) in [5.41, 5.74) is 1.38. The number of carbonyl (C=O) groups excluding carboxylic acids is 2. The molecule has 1 aromatic rings. The Bertz CT molecular complexity index is 825. The molecular formula is C17H20N4O5S. The molecule has 0 aliphatic carbocycles. The molecule has 2 atom stereocenters. The first-order valence-corrected chi connectivity index (χ1v) is 9.28. The number of rotatable bonds is 4. The van der Waals surface area contributed by atoms with Gasteiger partial charge in [-0.15, -0.1) is 21.5 Å². The van der Waals surface area contributed by atoms with E-state index in [1.165, 1.54) is 16.2 Å². The van der Waals surface area contributed by atoms with Crippen LogP contribution < -0.4 is 5.32 Å². The zero-order valence-electron chi connectivity index (χ0n) is 15.1. The third-order valence-corrected chi connectivity index (χ3v) is 4.81. The van der Waals surface area contributed by atoms with Gasteiger partial charge in [0.1, 0.15) is 27.9 Å². The van der Waals surface area contributed by atoms with E-state index in [-0.39, 0.29) is 5.70 Å². The molecule has 2 aliphatic rings. The average Bonchev–Trinajstić information content (AvgIpc) is 3.08. The molecule has 2 unspecified atom stereocenters. The predicted octanol–water partition coefficient (Wildman–Crippen LogP) is 1.79. The fraction of sp³-hybridized carbons (Fsp3) is 0.471. The Hall–Kier alpha value is -2.75. The summed E-state index contributed by atoms with van der Waals surface area (Å²) in [5, 5.41) is 20.4. The molecule has 1 aromatic heterocycles. The quantitative estimate of drug-likeness (QED) is 0.749. The van der Waals surface area contributed by atoms with E-state index < -0.39 is 35.7 Å². The normalized spacial score (nSPS) is 22.5. The van der Waals surface area contributed by atoms with Crippen molar-refractivity contribution < 1.29 is 24.2 Å². The predicted molar refractivity (Wildman–Crippen MR) is 96.6 cm³/mol. The maximum absolute atomic E-state index is 12.5. The maximum Gasteiger partial charge on any atom is 0.408 e. The summed E-state index contributed by atoms with van der Waals surface area (Å²) in [6.07, 6.45) is 3.65. The largest absolute Gasteiger partial charge is 0.477 e. The number of β-lactam (4-membered cyclic amide) rings is 1. The Labute approximate surface area is 159 Å². The van der Waals surface area contributed by atoms with Gasteiger partial charge in [0, 0.05) is 0 Å². The number of nitrogens with zero attached hydrogens (tertiary/aromatic N) is 3.